The molecular formula is C25H19N2NaO6. The van der Waals surface area contributed by atoms with Gasteiger partial charge in [0, 0.05) is 23.1 Å². The average Bonchev–Trinajstić information content (AvgIpc) is 3.31. The standard InChI is InChI=1S/C25H20N2O6.Na/c1-31-18-9-6-16(7-10-18)24(28)20(13-15-4-3-5-19(12-15)32-2)23(25(29)30)17-8-11-21-22(14-17)27-33-26-21;/h3-12,14H,13H2,1-2H3,(H,29,30);/q;+1/p-1. The third kappa shape index (κ3) is 5.36. The van der Waals surface area contributed by atoms with Crippen LogP contribution in [0.1, 0.15) is 21.5 Å². The number of carbonyl (C=O) groups is 2. The number of ketones is 1. The average molecular weight is 466 g/mol. The molecule has 0 bridgehead atoms. The zero-order valence-electron chi connectivity index (χ0n) is 18.9. The van der Waals surface area contributed by atoms with Crippen LogP contribution in [-0.4, -0.2) is 36.3 Å². The Bertz CT molecular complexity index is 1360. The fourth-order valence-corrected chi connectivity index (χ4v) is 3.54. The largest absolute Gasteiger partial charge is 1.00 e. The molecular weight excluding hydrogens is 447 g/mol. The number of rotatable bonds is 8. The summed E-state index contributed by atoms with van der Waals surface area (Å²) < 4.78 is 15.1. The number of fused-ring (bicyclic) bond motifs is 1. The number of benzene rings is 3. The fourth-order valence-electron chi connectivity index (χ4n) is 3.54. The molecule has 0 N–H and O–H groups in total. The molecule has 0 atom stereocenters. The number of ether oxygens (including phenoxy) is 2. The van der Waals surface area contributed by atoms with E-state index in [0.29, 0.717) is 33.7 Å². The Kier molecular flexibility index (Phi) is 8.22. The first-order chi connectivity index (χ1) is 16.0. The Labute approximate surface area is 217 Å². The van der Waals surface area contributed by atoms with Crippen molar-refractivity contribution in [1.29, 1.82) is 0 Å². The first-order valence-corrected chi connectivity index (χ1v) is 9.99. The normalized spacial score (nSPS) is 11.4. The van der Waals surface area contributed by atoms with E-state index in [1.165, 1.54) is 20.3 Å². The molecule has 0 amide bonds. The van der Waals surface area contributed by atoms with Gasteiger partial charge in [0.2, 0.25) is 0 Å². The van der Waals surface area contributed by atoms with E-state index in [1.807, 2.05) is 0 Å². The van der Waals surface area contributed by atoms with Crippen LogP contribution in [0.4, 0.5) is 0 Å². The fraction of sp³-hybridized carbons (Fsp3) is 0.120. The summed E-state index contributed by atoms with van der Waals surface area (Å²) in [6.07, 6.45) is 0.0421. The molecule has 3 aromatic carbocycles. The van der Waals surface area contributed by atoms with Gasteiger partial charge in [0.1, 0.15) is 22.5 Å². The van der Waals surface area contributed by atoms with E-state index in [0.717, 1.165) is 0 Å². The van der Waals surface area contributed by atoms with Gasteiger partial charge in [-0.15, -0.1) is 0 Å². The number of aromatic nitrogens is 2. The van der Waals surface area contributed by atoms with Crippen molar-refractivity contribution < 1.29 is 58.4 Å². The molecule has 0 aliphatic rings. The maximum atomic E-state index is 13.6. The van der Waals surface area contributed by atoms with Crippen LogP contribution < -0.4 is 44.1 Å². The number of nitrogens with zero attached hydrogens (tertiary/aromatic N) is 2. The number of carboxylic acids is 1. The minimum atomic E-state index is -1.48. The Morgan fingerprint density at radius 1 is 0.853 bits per heavy atom. The second-order valence-electron chi connectivity index (χ2n) is 7.19. The van der Waals surface area contributed by atoms with Crippen molar-refractivity contribution in [2.24, 2.45) is 0 Å². The molecule has 1 aromatic heterocycles. The van der Waals surface area contributed by atoms with Crippen molar-refractivity contribution in [3.05, 3.63) is 89.0 Å². The molecule has 0 radical (unpaired) electrons. The number of allylic oxidation sites excluding steroid dienone is 1. The van der Waals surface area contributed by atoms with Crippen molar-refractivity contribution in [2.75, 3.05) is 14.2 Å². The summed E-state index contributed by atoms with van der Waals surface area (Å²) >= 11 is 0. The molecule has 0 aliphatic carbocycles. The first-order valence-electron chi connectivity index (χ1n) is 9.99. The summed E-state index contributed by atoms with van der Waals surface area (Å²) in [5.41, 5.74) is 1.94. The van der Waals surface area contributed by atoms with Gasteiger partial charge in [-0.3, -0.25) is 4.79 Å². The molecule has 0 spiro atoms. The predicted octanol–water partition coefficient (Wildman–Crippen LogP) is -0.127. The van der Waals surface area contributed by atoms with Gasteiger partial charge < -0.3 is 19.4 Å². The van der Waals surface area contributed by atoms with Crippen LogP contribution in [0.25, 0.3) is 16.6 Å². The van der Waals surface area contributed by atoms with Crippen LogP contribution in [-0.2, 0) is 11.2 Å². The van der Waals surface area contributed by atoms with E-state index < -0.39 is 11.8 Å². The Hall–Kier alpha value is -3.46. The number of hydrogen-bond acceptors (Lipinski definition) is 8. The minimum Gasteiger partial charge on any atom is -0.545 e. The Balaban J connectivity index is 0.00000324. The third-order valence-corrected chi connectivity index (χ3v) is 5.19. The van der Waals surface area contributed by atoms with Gasteiger partial charge in [0.15, 0.2) is 5.78 Å². The maximum absolute atomic E-state index is 13.6. The van der Waals surface area contributed by atoms with Crippen LogP contribution in [0.5, 0.6) is 11.5 Å². The number of methoxy groups -OCH3 is 2. The van der Waals surface area contributed by atoms with Gasteiger partial charge in [-0.05, 0) is 70.0 Å². The quantitative estimate of drug-likeness (QED) is 0.201. The molecule has 9 heteroatoms. The summed E-state index contributed by atoms with van der Waals surface area (Å²) in [6, 6.07) is 18.2. The Morgan fingerprint density at radius 3 is 2.21 bits per heavy atom. The topological polar surface area (TPSA) is 115 Å². The van der Waals surface area contributed by atoms with E-state index in [-0.39, 0.29) is 52.7 Å². The van der Waals surface area contributed by atoms with Gasteiger partial charge in [0.05, 0.1) is 20.2 Å². The number of hydrogen-bond donors (Lipinski definition) is 0. The number of Topliss-reactive ketones (excluding diaryl/α,β-unsaturated/α-hetero) is 1. The Morgan fingerprint density at radius 2 is 1.53 bits per heavy atom. The van der Waals surface area contributed by atoms with Crippen LogP contribution in [0.3, 0.4) is 0 Å². The van der Waals surface area contributed by atoms with Crippen LogP contribution in [0.2, 0.25) is 0 Å². The zero-order valence-corrected chi connectivity index (χ0v) is 20.9. The minimum absolute atomic E-state index is 0. The van der Waals surface area contributed by atoms with Gasteiger partial charge in [-0.25, -0.2) is 4.63 Å². The predicted molar refractivity (Wildman–Crippen MR) is 118 cm³/mol. The number of carbonyl (C=O) groups excluding carboxylic acids is 2. The second kappa shape index (κ2) is 11.1. The summed E-state index contributed by atoms with van der Waals surface area (Å²) in [5, 5.41) is 19.8. The molecule has 0 saturated heterocycles. The van der Waals surface area contributed by atoms with E-state index in [4.69, 9.17) is 14.1 Å². The molecule has 4 rings (SSSR count). The SMILES string of the molecule is COc1ccc(C(=O)C(Cc2cccc(OC)c2)=C(C(=O)[O-])c2ccc3nonc3c2)cc1.[Na+]. The summed E-state index contributed by atoms with van der Waals surface area (Å²) in [7, 11) is 3.06. The molecule has 166 valence electrons. The number of aliphatic carboxylic acids is 1. The maximum Gasteiger partial charge on any atom is 1.00 e. The molecule has 0 aliphatic heterocycles. The van der Waals surface area contributed by atoms with E-state index >= 15 is 0 Å². The zero-order chi connectivity index (χ0) is 23.4. The first kappa shape index (κ1) is 25.2. The second-order valence-corrected chi connectivity index (χ2v) is 7.19. The van der Waals surface area contributed by atoms with Crippen LogP contribution in [0.15, 0.2) is 76.9 Å². The van der Waals surface area contributed by atoms with E-state index in [1.54, 1.807) is 60.7 Å². The molecule has 4 aromatic rings. The summed E-state index contributed by atoms with van der Waals surface area (Å²) in [6.45, 7) is 0. The van der Waals surface area contributed by atoms with Crippen molar-refractivity contribution in [2.45, 2.75) is 6.42 Å². The van der Waals surface area contributed by atoms with E-state index in [2.05, 4.69) is 10.3 Å². The van der Waals surface area contributed by atoms with Gasteiger partial charge in [0.25, 0.3) is 0 Å². The van der Waals surface area contributed by atoms with Crippen LogP contribution >= 0.6 is 0 Å². The van der Waals surface area contributed by atoms with Crippen molar-refractivity contribution in [3.63, 3.8) is 0 Å². The van der Waals surface area contributed by atoms with Gasteiger partial charge >= 0.3 is 29.6 Å². The van der Waals surface area contributed by atoms with Crippen LogP contribution in [0, 0.1) is 0 Å². The molecule has 0 saturated carbocycles. The van der Waals surface area contributed by atoms with Crippen molar-refractivity contribution >= 4 is 28.4 Å². The third-order valence-electron chi connectivity index (χ3n) is 5.19. The molecule has 1 heterocycles. The number of carboxylic acid groups (broad SMARTS) is 1. The summed E-state index contributed by atoms with van der Waals surface area (Å²) in [4.78, 5) is 25.9. The smallest absolute Gasteiger partial charge is 0.545 e. The molecule has 34 heavy (non-hydrogen) atoms. The molecule has 0 unspecified atom stereocenters. The monoisotopic (exact) mass is 466 g/mol. The van der Waals surface area contributed by atoms with Crippen molar-refractivity contribution in [1.82, 2.24) is 10.3 Å². The summed E-state index contributed by atoms with van der Waals surface area (Å²) in [5.74, 6) is -0.758. The molecule has 8 nitrogen and oxygen atoms in total. The van der Waals surface area contributed by atoms with Crippen molar-refractivity contribution in [3.8, 4) is 11.5 Å². The van der Waals surface area contributed by atoms with Gasteiger partial charge in [-0.2, -0.15) is 0 Å². The van der Waals surface area contributed by atoms with Gasteiger partial charge in [-0.1, -0.05) is 18.2 Å². The van der Waals surface area contributed by atoms with E-state index in [9.17, 15) is 14.7 Å². The molecule has 0 fully saturated rings.